The minimum absolute atomic E-state index is 0.104. The first-order valence-electron chi connectivity index (χ1n) is 8.12. The van der Waals surface area contributed by atoms with Crippen LogP contribution in [-0.4, -0.2) is 41.5 Å². The highest BCUT2D eigenvalue weighted by Crippen LogP contribution is 2.44. The molecule has 0 saturated carbocycles. The first-order valence-corrected chi connectivity index (χ1v) is 8.12. The van der Waals surface area contributed by atoms with Crippen molar-refractivity contribution < 1.29 is 13.8 Å². The molecule has 3 saturated heterocycles. The molecule has 4 heterocycles. The summed E-state index contributed by atoms with van der Waals surface area (Å²) in [4.78, 5) is 2.23. The molecule has 6 heteroatoms. The molecule has 3 aliphatic rings. The van der Waals surface area contributed by atoms with E-state index in [2.05, 4.69) is 10.1 Å². The Balaban J connectivity index is 1.69. The maximum atomic E-state index is 15.8. The highest BCUT2D eigenvalue weighted by atomic mass is 19.1. The highest BCUT2D eigenvalue weighted by molar-refractivity contribution is 5.31. The summed E-state index contributed by atoms with van der Waals surface area (Å²) in [6.45, 7) is 2.53. The molecule has 5 rings (SSSR count). The fraction of sp³-hybridized carbons (Fsp3) is 0.529. The average molecular weight is 317 g/mol. The van der Waals surface area contributed by atoms with E-state index in [4.69, 9.17) is 4.74 Å². The molecule has 1 aromatic heterocycles. The molecular weight excluding hydrogens is 295 g/mol. The third-order valence-electron chi connectivity index (χ3n) is 5.27. The van der Waals surface area contributed by atoms with Crippen LogP contribution in [0, 0.1) is 5.92 Å². The lowest BCUT2D eigenvalue weighted by atomic mass is 9.75. The molecule has 1 unspecified atom stereocenters. The standard InChI is InChI=1S/C17H22FN4O/c1-20-16(17(18)12-21-9-7-13(17)8-10-21)11-22(19-20)14-3-5-15(23-2)6-4-14/h3-6,11,13H,7-10,12H2,1-2H3/q+1. The first kappa shape index (κ1) is 14.6. The van der Waals surface area contributed by atoms with Gasteiger partial charge >= 0.3 is 0 Å². The number of nitrogens with zero attached hydrogens (tertiary/aromatic N) is 4. The summed E-state index contributed by atoms with van der Waals surface area (Å²) in [5.41, 5.74) is 0.274. The quantitative estimate of drug-likeness (QED) is 0.807. The fourth-order valence-electron chi connectivity index (χ4n) is 3.95. The molecule has 1 aromatic carbocycles. The predicted molar refractivity (Wildman–Crippen MR) is 83.2 cm³/mol. The number of rotatable bonds is 3. The van der Waals surface area contributed by atoms with Crippen molar-refractivity contribution in [3.05, 3.63) is 36.2 Å². The van der Waals surface area contributed by atoms with E-state index in [0.717, 1.165) is 37.4 Å². The molecule has 3 fully saturated rings. The van der Waals surface area contributed by atoms with Gasteiger partial charge in [-0.2, -0.15) is 0 Å². The second-order valence-electron chi connectivity index (χ2n) is 6.58. The van der Waals surface area contributed by atoms with Crippen LogP contribution in [0.2, 0.25) is 0 Å². The molecule has 0 radical (unpaired) electrons. The fourth-order valence-corrected chi connectivity index (χ4v) is 3.95. The van der Waals surface area contributed by atoms with Gasteiger partial charge in [-0.25, -0.2) is 4.39 Å². The third-order valence-corrected chi connectivity index (χ3v) is 5.27. The molecule has 5 nitrogen and oxygen atoms in total. The van der Waals surface area contributed by atoms with Crippen molar-refractivity contribution >= 4 is 0 Å². The average Bonchev–Trinajstić information content (AvgIpc) is 2.98. The van der Waals surface area contributed by atoms with Crippen molar-refractivity contribution in [1.82, 2.24) is 14.8 Å². The summed E-state index contributed by atoms with van der Waals surface area (Å²) in [5, 5.41) is 4.47. The van der Waals surface area contributed by atoms with Crippen molar-refractivity contribution in [3.63, 3.8) is 0 Å². The van der Waals surface area contributed by atoms with Crippen LogP contribution in [0.4, 0.5) is 4.39 Å². The molecule has 23 heavy (non-hydrogen) atoms. The maximum Gasteiger partial charge on any atom is 0.206 e. The maximum absolute atomic E-state index is 15.8. The molecule has 0 spiro atoms. The largest absolute Gasteiger partial charge is 0.497 e. The van der Waals surface area contributed by atoms with E-state index in [1.165, 1.54) is 0 Å². The van der Waals surface area contributed by atoms with E-state index >= 15 is 4.39 Å². The molecule has 2 aromatic rings. The lowest BCUT2D eigenvalue weighted by Crippen LogP contribution is -2.55. The number of fused-ring (bicyclic) bond motifs is 3. The van der Waals surface area contributed by atoms with Crippen LogP contribution in [0.1, 0.15) is 18.5 Å². The zero-order chi connectivity index (χ0) is 16.0. The van der Waals surface area contributed by atoms with E-state index in [9.17, 15) is 0 Å². The van der Waals surface area contributed by atoms with Crippen LogP contribution in [0.25, 0.3) is 5.69 Å². The zero-order valence-electron chi connectivity index (χ0n) is 13.6. The zero-order valence-corrected chi connectivity index (χ0v) is 13.6. The van der Waals surface area contributed by atoms with Gasteiger partial charge in [0.25, 0.3) is 0 Å². The number of aryl methyl sites for hydroxylation is 1. The van der Waals surface area contributed by atoms with E-state index in [-0.39, 0.29) is 5.92 Å². The van der Waals surface area contributed by atoms with Crippen molar-refractivity contribution in [2.45, 2.75) is 18.5 Å². The number of benzene rings is 1. The van der Waals surface area contributed by atoms with E-state index in [1.54, 1.807) is 16.5 Å². The topological polar surface area (TPSA) is 34.2 Å². The number of piperidine rings is 3. The number of aromatic nitrogens is 3. The molecule has 0 aliphatic carbocycles. The number of hydrogen-bond donors (Lipinski definition) is 0. The molecule has 0 N–H and O–H groups in total. The number of halogens is 1. The van der Waals surface area contributed by atoms with Crippen molar-refractivity contribution in [3.8, 4) is 11.4 Å². The van der Waals surface area contributed by atoms with Crippen LogP contribution in [0.15, 0.2) is 30.5 Å². The van der Waals surface area contributed by atoms with E-state index < -0.39 is 5.67 Å². The Morgan fingerprint density at radius 2 is 1.96 bits per heavy atom. The lowest BCUT2D eigenvalue weighted by molar-refractivity contribution is -0.661. The van der Waals surface area contributed by atoms with Gasteiger partial charge in [-0.3, -0.25) is 4.90 Å². The van der Waals surface area contributed by atoms with E-state index in [0.29, 0.717) is 12.2 Å². The Labute approximate surface area is 135 Å². The van der Waals surface area contributed by atoms with Gasteiger partial charge in [0, 0.05) is 12.5 Å². The normalized spacial score (nSPS) is 29.7. The Morgan fingerprint density at radius 3 is 2.52 bits per heavy atom. The Kier molecular flexibility index (Phi) is 3.37. The molecule has 2 bridgehead atoms. The number of methoxy groups -OCH3 is 1. The second kappa shape index (κ2) is 5.30. The van der Waals surface area contributed by atoms with Crippen LogP contribution in [0.3, 0.4) is 0 Å². The van der Waals surface area contributed by atoms with Crippen molar-refractivity contribution in [1.29, 1.82) is 0 Å². The summed E-state index contributed by atoms with van der Waals surface area (Å²) in [6, 6.07) is 7.63. The number of alkyl halides is 1. The van der Waals surface area contributed by atoms with Gasteiger partial charge in [0.2, 0.25) is 5.69 Å². The summed E-state index contributed by atoms with van der Waals surface area (Å²) < 4.78 is 24.4. The van der Waals surface area contributed by atoms with Gasteiger partial charge in [-0.15, -0.1) is 9.36 Å². The molecule has 3 aliphatic heterocycles. The summed E-state index contributed by atoms with van der Waals surface area (Å²) >= 11 is 0. The minimum atomic E-state index is -1.30. The minimum Gasteiger partial charge on any atom is -0.497 e. The molecule has 0 amide bonds. The second-order valence-corrected chi connectivity index (χ2v) is 6.58. The van der Waals surface area contributed by atoms with E-state index in [1.807, 2.05) is 37.5 Å². The Bertz CT molecular complexity index is 706. The van der Waals surface area contributed by atoms with Crippen LogP contribution in [0.5, 0.6) is 5.75 Å². The van der Waals surface area contributed by atoms with Gasteiger partial charge in [-0.1, -0.05) is 0 Å². The SMILES string of the molecule is COc1ccc(-[n+]2cc(C3(F)CN4CCC3CC4)n(C)n2)cc1. The van der Waals surface area contributed by atoms with Gasteiger partial charge in [0.15, 0.2) is 17.6 Å². The number of ether oxygens (including phenoxy) is 1. The first-order chi connectivity index (χ1) is 11.1. The van der Waals surface area contributed by atoms with Gasteiger partial charge in [-0.05, 0) is 50.2 Å². The summed E-state index contributed by atoms with van der Waals surface area (Å²) in [7, 11) is 3.47. The van der Waals surface area contributed by atoms with Gasteiger partial charge in [0.05, 0.1) is 12.3 Å². The highest BCUT2D eigenvalue weighted by Gasteiger charge is 2.53. The Morgan fingerprint density at radius 1 is 1.26 bits per heavy atom. The lowest BCUT2D eigenvalue weighted by Gasteiger charge is -2.47. The van der Waals surface area contributed by atoms with Gasteiger partial charge in [0.1, 0.15) is 12.8 Å². The third kappa shape index (κ3) is 2.32. The van der Waals surface area contributed by atoms with Crippen LogP contribution >= 0.6 is 0 Å². The monoisotopic (exact) mass is 317 g/mol. The summed E-state index contributed by atoms with van der Waals surface area (Å²) in [5.74, 6) is 0.900. The number of hydrogen-bond acceptors (Lipinski definition) is 3. The predicted octanol–water partition coefficient (Wildman–Crippen LogP) is 1.60. The smallest absolute Gasteiger partial charge is 0.206 e. The Hall–Kier alpha value is -1.95. The van der Waals surface area contributed by atoms with Crippen molar-refractivity contribution in [2.24, 2.45) is 13.0 Å². The molecule has 122 valence electrons. The van der Waals surface area contributed by atoms with Crippen molar-refractivity contribution in [2.75, 3.05) is 26.7 Å². The van der Waals surface area contributed by atoms with Crippen LogP contribution in [-0.2, 0) is 12.7 Å². The summed E-state index contributed by atoms with van der Waals surface area (Å²) in [6.07, 6.45) is 3.71. The molecule has 1 atom stereocenters. The van der Waals surface area contributed by atoms with Gasteiger partial charge < -0.3 is 4.74 Å². The molecular formula is C17H22FN4O+. The van der Waals surface area contributed by atoms with Crippen LogP contribution < -0.4 is 9.42 Å².